The zero-order chi connectivity index (χ0) is 19.0. The lowest BCUT2D eigenvalue weighted by Crippen LogP contribution is -2.66. The van der Waals surface area contributed by atoms with Gasteiger partial charge in [-0.15, -0.1) is 11.3 Å². The van der Waals surface area contributed by atoms with Gasteiger partial charge in [0.05, 0.1) is 17.2 Å². The van der Waals surface area contributed by atoms with Gasteiger partial charge >= 0.3 is 12.0 Å². The summed E-state index contributed by atoms with van der Waals surface area (Å²) in [6.07, 6.45) is 0.693. The van der Waals surface area contributed by atoms with E-state index < -0.39 is 16.9 Å². The first-order chi connectivity index (χ1) is 11.6. The van der Waals surface area contributed by atoms with Crippen LogP contribution in [0, 0.1) is 18.3 Å². The molecule has 0 radical (unpaired) electrons. The van der Waals surface area contributed by atoms with Crippen molar-refractivity contribution >= 4 is 23.3 Å². The molecule has 1 aromatic rings. The van der Waals surface area contributed by atoms with Gasteiger partial charge in [-0.1, -0.05) is 41.0 Å². The van der Waals surface area contributed by atoms with E-state index in [4.69, 9.17) is 0 Å². The molecule has 2 heterocycles. The second kappa shape index (κ2) is 6.94. The van der Waals surface area contributed by atoms with Crippen molar-refractivity contribution < 1.29 is 14.7 Å². The van der Waals surface area contributed by atoms with Crippen molar-refractivity contribution in [1.29, 1.82) is 0 Å². The lowest BCUT2D eigenvalue weighted by Gasteiger charge is -2.50. The summed E-state index contributed by atoms with van der Waals surface area (Å²) in [6.45, 7) is 13.0. The van der Waals surface area contributed by atoms with E-state index in [1.165, 1.54) is 0 Å². The van der Waals surface area contributed by atoms with Gasteiger partial charge in [0.15, 0.2) is 0 Å². The molecule has 1 N–H and O–H groups in total. The molecule has 0 aliphatic carbocycles. The first-order valence-electron chi connectivity index (χ1n) is 8.76. The highest BCUT2D eigenvalue weighted by Gasteiger charge is 2.59. The van der Waals surface area contributed by atoms with Gasteiger partial charge in [0.25, 0.3) is 0 Å². The molecule has 0 bridgehead atoms. The van der Waals surface area contributed by atoms with Crippen LogP contribution < -0.4 is 0 Å². The molecule has 2 amide bonds. The van der Waals surface area contributed by atoms with Crippen LogP contribution >= 0.6 is 11.3 Å². The minimum Gasteiger partial charge on any atom is -0.479 e. The van der Waals surface area contributed by atoms with Gasteiger partial charge < -0.3 is 14.9 Å². The van der Waals surface area contributed by atoms with Crippen LogP contribution in [-0.2, 0) is 11.3 Å². The summed E-state index contributed by atoms with van der Waals surface area (Å²) in [4.78, 5) is 33.3. The summed E-state index contributed by atoms with van der Waals surface area (Å²) in [5, 5.41) is 13.1. The number of urea groups is 1. The average molecular weight is 368 g/mol. The lowest BCUT2D eigenvalue weighted by molar-refractivity contribution is -0.162. The predicted octanol–water partition coefficient (Wildman–Crippen LogP) is 3.60. The molecule has 140 valence electrons. The number of carboxylic acid groups (broad SMARTS) is 1. The van der Waals surface area contributed by atoms with E-state index in [-0.39, 0.29) is 11.9 Å². The molecule has 7 heteroatoms. The van der Waals surface area contributed by atoms with E-state index in [1.807, 2.05) is 46.9 Å². The highest BCUT2D eigenvalue weighted by Crippen LogP contribution is 2.45. The van der Waals surface area contributed by atoms with Gasteiger partial charge in [-0.25, -0.2) is 14.6 Å². The number of hydrogen-bond donors (Lipinski definition) is 1. The maximum Gasteiger partial charge on any atom is 0.330 e. The molecule has 1 fully saturated rings. The normalized spacial score (nSPS) is 19.2. The SMILES string of the molecule is CC[C@H](C)[C@](C(=O)O)(N1CCN(Cc2csc(C)n2)C1=O)C(C)(C)C. The fourth-order valence-corrected chi connectivity index (χ4v) is 4.69. The van der Waals surface area contributed by atoms with E-state index in [2.05, 4.69) is 4.98 Å². The largest absolute Gasteiger partial charge is 0.479 e. The van der Waals surface area contributed by atoms with Crippen molar-refractivity contribution in [3.8, 4) is 0 Å². The number of carboxylic acids is 1. The predicted molar refractivity (Wildman–Crippen MR) is 98.6 cm³/mol. The summed E-state index contributed by atoms with van der Waals surface area (Å²) in [5.41, 5.74) is -0.958. The van der Waals surface area contributed by atoms with Crippen molar-refractivity contribution in [2.45, 2.75) is 60.0 Å². The fraction of sp³-hybridized carbons (Fsp3) is 0.722. The Morgan fingerprint density at radius 1 is 1.40 bits per heavy atom. The van der Waals surface area contributed by atoms with Crippen LogP contribution in [0.2, 0.25) is 0 Å². The van der Waals surface area contributed by atoms with Gasteiger partial charge in [0, 0.05) is 18.5 Å². The Morgan fingerprint density at radius 3 is 2.48 bits per heavy atom. The van der Waals surface area contributed by atoms with Gasteiger partial charge in [-0.3, -0.25) is 0 Å². The number of carbonyl (C=O) groups is 2. The third-order valence-corrected chi connectivity index (χ3v) is 6.16. The second-order valence-electron chi connectivity index (χ2n) is 7.84. The van der Waals surface area contributed by atoms with Gasteiger partial charge in [0.1, 0.15) is 5.54 Å². The number of nitrogens with zero attached hydrogens (tertiary/aromatic N) is 3. The molecule has 6 nitrogen and oxygen atoms in total. The molecule has 2 atom stereocenters. The monoisotopic (exact) mass is 367 g/mol. The van der Waals surface area contributed by atoms with Gasteiger partial charge in [0.2, 0.25) is 0 Å². The third kappa shape index (κ3) is 3.26. The van der Waals surface area contributed by atoms with Crippen LogP contribution in [0.1, 0.15) is 51.7 Å². The maximum atomic E-state index is 13.1. The smallest absolute Gasteiger partial charge is 0.330 e. The third-order valence-electron chi connectivity index (χ3n) is 5.34. The molecule has 0 saturated carbocycles. The Hall–Kier alpha value is -1.63. The second-order valence-corrected chi connectivity index (χ2v) is 8.91. The number of hydrogen-bond acceptors (Lipinski definition) is 4. The Kier molecular flexibility index (Phi) is 5.47. The van der Waals surface area contributed by atoms with Crippen molar-refractivity contribution in [2.24, 2.45) is 11.3 Å². The zero-order valence-corrected chi connectivity index (χ0v) is 16.8. The topological polar surface area (TPSA) is 73.7 Å². The Morgan fingerprint density at radius 2 is 2.04 bits per heavy atom. The summed E-state index contributed by atoms with van der Waals surface area (Å²) in [6, 6.07) is -0.205. The number of aromatic nitrogens is 1. The van der Waals surface area contributed by atoms with E-state index in [0.717, 1.165) is 10.7 Å². The van der Waals surface area contributed by atoms with Crippen LogP contribution in [0.4, 0.5) is 4.79 Å². The molecule has 25 heavy (non-hydrogen) atoms. The standard InChI is InChI=1S/C18H29N3O3S/c1-7-12(2)18(15(22)23,17(4,5)6)21-9-8-20(16(21)24)10-14-11-25-13(3)19-14/h11-12H,7-10H2,1-6H3,(H,22,23)/t12-,18+/m0/s1. The summed E-state index contributed by atoms with van der Waals surface area (Å²) in [5.74, 6) is -1.08. The first-order valence-corrected chi connectivity index (χ1v) is 9.64. The summed E-state index contributed by atoms with van der Waals surface area (Å²) in [7, 11) is 0. The van der Waals surface area contributed by atoms with Crippen LogP contribution in [-0.4, -0.2) is 50.5 Å². The van der Waals surface area contributed by atoms with Crippen LogP contribution in [0.25, 0.3) is 0 Å². The Bertz CT molecular complexity index is 652. The van der Waals surface area contributed by atoms with E-state index >= 15 is 0 Å². The Balaban J connectivity index is 2.36. The van der Waals surface area contributed by atoms with E-state index in [1.54, 1.807) is 21.1 Å². The Labute approximate surface area is 153 Å². The van der Waals surface area contributed by atoms with Crippen molar-refractivity contribution in [3.05, 3.63) is 16.1 Å². The highest BCUT2D eigenvalue weighted by atomic mass is 32.1. The number of amides is 2. The summed E-state index contributed by atoms with van der Waals surface area (Å²) < 4.78 is 0. The number of thiazole rings is 1. The molecule has 1 aliphatic rings. The fourth-order valence-electron chi connectivity index (χ4n) is 4.09. The first kappa shape index (κ1) is 19.7. The van der Waals surface area contributed by atoms with E-state index in [0.29, 0.717) is 26.1 Å². The van der Waals surface area contributed by atoms with Crippen molar-refractivity contribution in [1.82, 2.24) is 14.8 Å². The molecule has 0 aromatic carbocycles. The molecule has 0 spiro atoms. The van der Waals surface area contributed by atoms with E-state index in [9.17, 15) is 14.7 Å². The molecule has 1 saturated heterocycles. The maximum absolute atomic E-state index is 13.1. The highest BCUT2D eigenvalue weighted by molar-refractivity contribution is 7.09. The van der Waals surface area contributed by atoms with Crippen LogP contribution in [0.5, 0.6) is 0 Å². The lowest BCUT2D eigenvalue weighted by atomic mass is 9.64. The number of carbonyl (C=O) groups excluding carboxylic acids is 1. The number of rotatable bonds is 6. The molecule has 1 aliphatic heterocycles. The minimum absolute atomic E-state index is 0.157. The van der Waals surface area contributed by atoms with Crippen LogP contribution in [0.3, 0.4) is 0 Å². The van der Waals surface area contributed by atoms with Gasteiger partial charge in [-0.05, 0) is 18.3 Å². The van der Waals surface area contributed by atoms with Crippen molar-refractivity contribution in [3.63, 3.8) is 0 Å². The molecule has 1 aromatic heterocycles. The number of aryl methyl sites for hydroxylation is 1. The molecule has 0 unspecified atom stereocenters. The van der Waals surface area contributed by atoms with Crippen molar-refractivity contribution in [2.75, 3.05) is 13.1 Å². The molecular formula is C18H29N3O3S. The zero-order valence-electron chi connectivity index (χ0n) is 16.0. The average Bonchev–Trinajstić information content (AvgIpc) is 3.06. The molecule has 2 rings (SSSR count). The summed E-state index contributed by atoms with van der Waals surface area (Å²) >= 11 is 1.56. The number of aliphatic carboxylic acids is 1. The minimum atomic E-state index is -1.23. The van der Waals surface area contributed by atoms with Crippen LogP contribution in [0.15, 0.2) is 5.38 Å². The molecular weight excluding hydrogens is 338 g/mol. The quantitative estimate of drug-likeness (QED) is 0.833. The van der Waals surface area contributed by atoms with Gasteiger partial charge in [-0.2, -0.15) is 0 Å².